The summed E-state index contributed by atoms with van der Waals surface area (Å²) in [5.74, 6) is -0.734. The van der Waals surface area contributed by atoms with Crippen LogP contribution in [0.3, 0.4) is 0 Å². The van der Waals surface area contributed by atoms with E-state index in [-0.39, 0.29) is 23.9 Å². The van der Waals surface area contributed by atoms with E-state index >= 15 is 0 Å². The molecule has 1 heterocycles. The number of amides is 1. The van der Waals surface area contributed by atoms with E-state index in [1.165, 1.54) is 18.3 Å². The van der Waals surface area contributed by atoms with Gasteiger partial charge in [-0.1, -0.05) is 6.92 Å². The Balaban J connectivity index is 1.77. The van der Waals surface area contributed by atoms with Crippen LogP contribution in [0.2, 0.25) is 0 Å². The molecular formula is C19H24N4O6S. The van der Waals surface area contributed by atoms with Gasteiger partial charge in [-0.2, -0.15) is 0 Å². The number of rotatable bonds is 10. The number of aryl methyl sites for hydroxylation is 2. The first-order valence-electron chi connectivity index (χ1n) is 9.20. The van der Waals surface area contributed by atoms with Crippen LogP contribution in [0.5, 0.6) is 0 Å². The van der Waals surface area contributed by atoms with Gasteiger partial charge in [0.1, 0.15) is 5.82 Å². The number of esters is 1. The highest BCUT2D eigenvalue weighted by molar-refractivity contribution is 7.89. The summed E-state index contributed by atoms with van der Waals surface area (Å²) in [7, 11) is -2.16. The minimum atomic E-state index is -3.83. The SMILES string of the molecule is CCC(=O)Nc1ccc(C(=O)COC(=O)CCNS(=O)(=O)c2cn(C)c(C)n2)cc1. The normalized spacial score (nSPS) is 11.2. The minimum absolute atomic E-state index is 0.135. The van der Waals surface area contributed by atoms with Crippen LogP contribution < -0.4 is 10.0 Å². The lowest BCUT2D eigenvalue weighted by atomic mass is 10.1. The molecule has 1 aromatic heterocycles. The number of carbonyl (C=O) groups excluding carboxylic acids is 3. The van der Waals surface area contributed by atoms with Crippen LogP contribution in [-0.2, 0) is 31.4 Å². The van der Waals surface area contributed by atoms with E-state index in [0.717, 1.165) is 0 Å². The largest absolute Gasteiger partial charge is 0.457 e. The van der Waals surface area contributed by atoms with Crippen LogP contribution in [0.25, 0.3) is 0 Å². The lowest BCUT2D eigenvalue weighted by Crippen LogP contribution is -2.27. The average Bonchev–Trinajstić information content (AvgIpc) is 3.06. The number of ether oxygens (including phenoxy) is 1. The number of ketones is 1. The van der Waals surface area contributed by atoms with Crippen molar-refractivity contribution in [2.24, 2.45) is 7.05 Å². The molecule has 0 unspecified atom stereocenters. The molecule has 11 heteroatoms. The Bertz CT molecular complexity index is 1010. The minimum Gasteiger partial charge on any atom is -0.457 e. The number of hydrogen-bond acceptors (Lipinski definition) is 7. The Kier molecular flexibility index (Phi) is 7.84. The first-order chi connectivity index (χ1) is 14.1. The van der Waals surface area contributed by atoms with Crippen LogP contribution in [0.1, 0.15) is 35.9 Å². The zero-order valence-electron chi connectivity index (χ0n) is 17.0. The zero-order valence-corrected chi connectivity index (χ0v) is 17.8. The lowest BCUT2D eigenvalue weighted by molar-refractivity contribution is -0.142. The van der Waals surface area contributed by atoms with Gasteiger partial charge in [0, 0.05) is 37.5 Å². The third kappa shape index (κ3) is 6.49. The third-order valence-corrected chi connectivity index (χ3v) is 5.49. The molecule has 0 radical (unpaired) electrons. The molecule has 0 saturated carbocycles. The standard InChI is InChI=1S/C19H24N4O6S/c1-4-17(25)22-15-7-5-14(6-8-15)16(24)12-29-19(26)9-10-20-30(27,28)18-11-23(3)13(2)21-18/h5-8,11,20H,4,9-10,12H2,1-3H3,(H,22,25). The summed E-state index contributed by atoms with van der Waals surface area (Å²) < 4.78 is 33.0. The maximum Gasteiger partial charge on any atom is 0.307 e. The Morgan fingerprint density at radius 2 is 1.83 bits per heavy atom. The van der Waals surface area contributed by atoms with E-state index in [4.69, 9.17) is 4.74 Å². The molecule has 0 spiro atoms. The Labute approximate surface area is 174 Å². The van der Waals surface area contributed by atoms with Gasteiger partial charge in [-0.15, -0.1) is 0 Å². The van der Waals surface area contributed by atoms with Crippen LogP contribution in [0.4, 0.5) is 5.69 Å². The summed E-state index contributed by atoms with van der Waals surface area (Å²) in [6, 6.07) is 6.20. The topological polar surface area (TPSA) is 136 Å². The molecule has 2 N–H and O–H groups in total. The van der Waals surface area contributed by atoms with Gasteiger partial charge in [0.05, 0.1) is 6.42 Å². The molecule has 1 amide bonds. The molecule has 0 atom stereocenters. The van der Waals surface area contributed by atoms with Gasteiger partial charge in [0.15, 0.2) is 17.4 Å². The molecular weight excluding hydrogens is 412 g/mol. The number of hydrogen-bond donors (Lipinski definition) is 2. The number of imidazole rings is 1. The van der Waals surface area contributed by atoms with Crippen molar-refractivity contribution in [3.63, 3.8) is 0 Å². The van der Waals surface area contributed by atoms with Crippen molar-refractivity contribution in [3.8, 4) is 0 Å². The van der Waals surface area contributed by atoms with Crippen LogP contribution in [0.15, 0.2) is 35.5 Å². The number of nitrogens with zero attached hydrogens (tertiary/aromatic N) is 2. The lowest BCUT2D eigenvalue weighted by Gasteiger charge is -2.07. The van der Waals surface area contributed by atoms with Crippen LogP contribution in [-0.4, -0.2) is 48.8 Å². The molecule has 0 fully saturated rings. The van der Waals surface area contributed by atoms with Gasteiger partial charge in [-0.3, -0.25) is 14.4 Å². The fourth-order valence-electron chi connectivity index (χ4n) is 2.31. The number of Topliss-reactive ketones (excluding diaryl/α,β-unsaturated/α-hetero) is 1. The summed E-state index contributed by atoms with van der Waals surface area (Å²) in [5, 5.41) is 2.53. The van der Waals surface area contributed by atoms with E-state index < -0.39 is 28.4 Å². The van der Waals surface area contributed by atoms with Crippen LogP contribution >= 0.6 is 0 Å². The van der Waals surface area contributed by atoms with Crippen molar-refractivity contribution in [2.75, 3.05) is 18.5 Å². The summed E-state index contributed by atoms with van der Waals surface area (Å²) in [6.07, 6.45) is 1.47. The first-order valence-corrected chi connectivity index (χ1v) is 10.7. The van der Waals surface area contributed by atoms with E-state index in [1.54, 1.807) is 37.6 Å². The second kappa shape index (κ2) is 10.1. The molecule has 2 rings (SSSR count). The Morgan fingerprint density at radius 1 is 1.17 bits per heavy atom. The van der Waals surface area contributed by atoms with Crippen molar-refractivity contribution in [3.05, 3.63) is 41.9 Å². The summed E-state index contributed by atoms with van der Waals surface area (Å²) in [5.41, 5.74) is 0.884. The van der Waals surface area contributed by atoms with E-state index in [2.05, 4.69) is 15.0 Å². The molecule has 1 aromatic carbocycles. The van der Waals surface area contributed by atoms with E-state index in [1.807, 2.05) is 0 Å². The quantitative estimate of drug-likeness (QED) is 0.421. The van der Waals surface area contributed by atoms with Gasteiger partial charge in [0.25, 0.3) is 10.0 Å². The molecule has 10 nitrogen and oxygen atoms in total. The first kappa shape index (κ1) is 23.2. The molecule has 0 bridgehead atoms. The number of nitrogens with one attached hydrogen (secondary N) is 2. The Hall–Kier alpha value is -3.05. The van der Waals surface area contributed by atoms with Gasteiger partial charge < -0.3 is 14.6 Å². The Morgan fingerprint density at radius 3 is 2.40 bits per heavy atom. The summed E-state index contributed by atoms with van der Waals surface area (Å²) in [4.78, 5) is 39.2. The van der Waals surface area contributed by atoms with Crippen molar-refractivity contribution >= 4 is 33.4 Å². The van der Waals surface area contributed by atoms with Gasteiger partial charge in [-0.25, -0.2) is 18.1 Å². The molecule has 2 aromatic rings. The van der Waals surface area contributed by atoms with Crippen LogP contribution in [0, 0.1) is 6.92 Å². The number of aromatic nitrogens is 2. The van der Waals surface area contributed by atoms with Crippen molar-refractivity contribution in [1.82, 2.24) is 14.3 Å². The smallest absolute Gasteiger partial charge is 0.307 e. The van der Waals surface area contributed by atoms with Crippen molar-refractivity contribution in [2.45, 2.75) is 31.7 Å². The highest BCUT2D eigenvalue weighted by Gasteiger charge is 2.19. The monoisotopic (exact) mass is 436 g/mol. The number of sulfonamides is 1. The van der Waals surface area contributed by atoms with Gasteiger partial charge >= 0.3 is 5.97 Å². The fourth-order valence-corrected chi connectivity index (χ4v) is 3.38. The molecule has 162 valence electrons. The predicted molar refractivity (Wildman–Crippen MR) is 108 cm³/mol. The fraction of sp³-hybridized carbons (Fsp3) is 0.368. The van der Waals surface area contributed by atoms with E-state index in [0.29, 0.717) is 23.5 Å². The average molecular weight is 436 g/mol. The van der Waals surface area contributed by atoms with Crippen molar-refractivity contribution < 1.29 is 27.5 Å². The van der Waals surface area contributed by atoms with Crippen molar-refractivity contribution in [1.29, 1.82) is 0 Å². The molecule has 0 aliphatic rings. The zero-order chi connectivity index (χ0) is 22.3. The summed E-state index contributed by atoms with van der Waals surface area (Å²) in [6.45, 7) is 2.75. The highest BCUT2D eigenvalue weighted by atomic mass is 32.2. The molecule has 0 saturated heterocycles. The molecule has 0 aliphatic carbocycles. The predicted octanol–water partition coefficient (Wildman–Crippen LogP) is 1.17. The summed E-state index contributed by atoms with van der Waals surface area (Å²) >= 11 is 0. The number of anilines is 1. The number of benzene rings is 1. The second-order valence-electron chi connectivity index (χ2n) is 6.45. The highest BCUT2D eigenvalue weighted by Crippen LogP contribution is 2.11. The maximum atomic E-state index is 12.1. The second-order valence-corrected chi connectivity index (χ2v) is 8.16. The van der Waals surface area contributed by atoms with Gasteiger partial charge in [-0.05, 0) is 31.2 Å². The number of carbonyl (C=O) groups is 3. The van der Waals surface area contributed by atoms with Gasteiger partial charge in [0.2, 0.25) is 5.91 Å². The third-order valence-electron chi connectivity index (χ3n) is 4.16. The van der Waals surface area contributed by atoms with E-state index in [9.17, 15) is 22.8 Å². The molecule has 0 aliphatic heterocycles. The maximum absolute atomic E-state index is 12.1. The molecule has 30 heavy (non-hydrogen) atoms.